The van der Waals surface area contributed by atoms with E-state index in [2.05, 4.69) is 6.07 Å². The minimum atomic E-state index is 0.0219. The van der Waals surface area contributed by atoms with Gasteiger partial charge >= 0.3 is 0 Å². The van der Waals surface area contributed by atoms with Crippen molar-refractivity contribution in [3.63, 3.8) is 0 Å². The van der Waals surface area contributed by atoms with Gasteiger partial charge in [0.2, 0.25) is 0 Å². The second-order valence-electron chi connectivity index (χ2n) is 5.08. The van der Waals surface area contributed by atoms with Crippen molar-refractivity contribution in [3.8, 4) is 5.75 Å². The molecule has 0 atom stereocenters. The molecular formula is C13H16ClNO. The van der Waals surface area contributed by atoms with Crippen molar-refractivity contribution in [2.45, 2.75) is 36.6 Å². The number of hydrogen-bond acceptors (Lipinski definition) is 2. The van der Waals surface area contributed by atoms with Gasteiger partial charge in [-0.2, -0.15) is 0 Å². The van der Waals surface area contributed by atoms with E-state index in [-0.39, 0.29) is 11.0 Å². The van der Waals surface area contributed by atoms with Gasteiger partial charge in [-0.25, -0.2) is 0 Å². The number of benzene rings is 1. The van der Waals surface area contributed by atoms with E-state index >= 15 is 0 Å². The van der Waals surface area contributed by atoms with Crippen LogP contribution in [0.2, 0.25) is 5.02 Å². The lowest BCUT2D eigenvalue weighted by atomic mass is 9.85. The molecule has 86 valence electrons. The molecule has 0 aliphatic heterocycles. The van der Waals surface area contributed by atoms with Crippen LogP contribution in [0, 0.1) is 0 Å². The topological polar surface area (TPSA) is 35.2 Å². The van der Waals surface area contributed by atoms with E-state index in [1.807, 2.05) is 12.1 Å². The lowest BCUT2D eigenvalue weighted by Crippen LogP contribution is -2.37. The first-order valence-electron chi connectivity index (χ1n) is 5.74. The molecule has 1 aromatic rings. The highest BCUT2D eigenvalue weighted by Gasteiger charge is 2.64. The van der Waals surface area contributed by atoms with Crippen LogP contribution < -0.4 is 10.5 Å². The summed E-state index contributed by atoms with van der Waals surface area (Å²) in [7, 11) is 1.70. The number of rotatable bonds is 3. The number of nitrogens with two attached hydrogens (primary N) is 1. The van der Waals surface area contributed by atoms with E-state index in [0.717, 1.165) is 23.6 Å². The first-order valence-corrected chi connectivity index (χ1v) is 6.12. The van der Waals surface area contributed by atoms with Gasteiger partial charge in [0.25, 0.3) is 0 Å². The summed E-state index contributed by atoms with van der Waals surface area (Å²) >= 11 is 5.98. The molecule has 0 heterocycles. The van der Waals surface area contributed by atoms with Crippen molar-refractivity contribution in [1.29, 1.82) is 0 Å². The van der Waals surface area contributed by atoms with Gasteiger partial charge in [-0.3, -0.25) is 0 Å². The zero-order valence-corrected chi connectivity index (χ0v) is 10.2. The third-order valence-electron chi connectivity index (χ3n) is 4.17. The molecule has 0 bridgehead atoms. The minimum absolute atomic E-state index is 0.0219. The van der Waals surface area contributed by atoms with Crippen molar-refractivity contribution in [2.75, 3.05) is 7.11 Å². The minimum Gasteiger partial charge on any atom is -0.496 e. The van der Waals surface area contributed by atoms with Crippen LogP contribution in [-0.2, 0) is 5.41 Å². The average Bonchev–Trinajstić information content (AvgIpc) is 3.14. The van der Waals surface area contributed by atoms with Gasteiger partial charge in [0.1, 0.15) is 5.75 Å². The zero-order chi connectivity index (χ0) is 11.4. The van der Waals surface area contributed by atoms with Crippen molar-refractivity contribution < 1.29 is 4.74 Å². The maximum Gasteiger partial charge on any atom is 0.124 e. The molecular weight excluding hydrogens is 222 g/mol. The van der Waals surface area contributed by atoms with Crippen LogP contribution in [0.15, 0.2) is 18.2 Å². The Morgan fingerprint density at radius 1 is 1.25 bits per heavy atom. The molecule has 2 aliphatic carbocycles. The van der Waals surface area contributed by atoms with Gasteiger partial charge in [-0.1, -0.05) is 17.7 Å². The van der Waals surface area contributed by atoms with Crippen molar-refractivity contribution in [2.24, 2.45) is 5.73 Å². The van der Waals surface area contributed by atoms with Crippen LogP contribution in [0.3, 0.4) is 0 Å². The van der Waals surface area contributed by atoms with E-state index in [9.17, 15) is 0 Å². The first-order chi connectivity index (χ1) is 7.61. The van der Waals surface area contributed by atoms with E-state index in [1.165, 1.54) is 18.4 Å². The predicted molar refractivity (Wildman–Crippen MR) is 65.1 cm³/mol. The average molecular weight is 238 g/mol. The molecule has 16 heavy (non-hydrogen) atoms. The Bertz CT molecular complexity index is 436. The fraction of sp³-hybridized carbons (Fsp3) is 0.538. The molecule has 0 radical (unpaired) electrons. The fourth-order valence-electron chi connectivity index (χ4n) is 2.83. The maximum atomic E-state index is 6.39. The summed E-state index contributed by atoms with van der Waals surface area (Å²) in [5.41, 5.74) is 7.83. The van der Waals surface area contributed by atoms with E-state index in [1.54, 1.807) is 7.11 Å². The molecule has 0 spiro atoms. The van der Waals surface area contributed by atoms with Gasteiger partial charge in [0.15, 0.2) is 0 Å². The highest BCUT2D eigenvalue weighted by atomic mass is 35.5. The highest BCUT2D eigenvalue weighted by Crippen LogP contribution is 2.65. The third-order valence-corrected chi connectivity index (χ3v) is 4.41. The van der Waals surface area contributed by atoms with Crippen LogP contribution in [0.25, 0.3) is 0 Å². The standard InChI is InChI=1S/C13H16ClNO/c1-16-11-8-9(14)2-3-10(11)12(4-5-12)13(15)6-7-13/h2-3,8H,4-7,15H2,1H3. The lowest BCUT2D eigenvalue weighted by Gasteiger charge is -2.25. The molecule has 0 aromatic heterocycles. The summed E-state index contributed by atoms with van der Waals surface area (Å²) in [4.78, 5) is 0. The predicted octanol–water partition coefficient (Wildman–Crippen LogP) is 2.87. The summed E-state index contributed by atoms with van der Waals surface area (Å²) in [6, 6.07) is 5.91. The van der Waals surface area contributed by atoms with Crippen LogP contribution in [-0.4, -0.2) is 12.6 Å². The monoisotopic (exact) mass is 237 g/mol. The Morgan fingerprint density at radius 3 is 2.44 bits per heavy atom. The molecule has 2 nitrogen and oxygen atoms in total. The molecule has 0 amide bonds. The summed E-state index contributed by atoms with van der Waals surface area (Å²) in [5, 5.41) is 0.721. The van der Waals surface area contributed by atoms with Crippen LogP contribution in [0.1, 0.15) is 31.2 Å². The zero-order valence-electron chi connectivity index (χ0n) is 9.42. The lowest BCUT2D eigenvalue weighted by molar-refractivity contribution is 0.393. The number of methoxy groups -OCH3 is 1. The number of ether oxygens (including phenoxy) is 1. The van der Waals surface area contributed by atoms with E-state index in [0.29, 0.717) is 0 Å². The fourth-order valence-corrected chi connectivity index (χ4v) is 3.00. The summed E-state index contributed by atoms with van der Waals surface area (Å²) in [5.74, 6) is 0.890. The first kappa shape index (κ1) is 10.4. The van der Waals surface area contributed by atoms with Gasteiger partial charge in [0.05, 0.1) is 7.11 Å². The van der Waals surface area contributed by atoms with Gasteiger partial charge < -0.3 is 10.5 Å². The molecule has 3 rings (SSSR count). The molecule has 2 N–H and O–H groups in total. The Balaban J connectivity index is 2.06. The largest absolute Gasteiger partial charge is 0.496 e. The number of halogens is 1. The molecule has 3 heteroatoms. The maximum absolute atomic E-state index is 6.39. The van der Waals surface area contributed by atoms with Crippen molar-refractivity contribution >= 4 is 11.6 Å². The van der Waals surface area contributed by atoms with Gasteiger partial charge in [-0.05, 0) is 37.8 Å². The van der Waals surface area contributed by atoms with E-state index in [4.69, 9.17) is 22.1 Å². The van der Waals surface area contributed by atoms with Gasteiger partial charge in [-0.15, -0.1) is 0 Å². The second-order valence-corrected chi connectivity index (χ2v) is 5.52. The molecule has 2 saturated carbocycles. The Labute approximate surface area is 101 Å². The Hall–Kier alpha value is -0.730. The molecule has 0 saturated heterocycles. The van der Waals surface area contributed by atoms with Crippen LogP contribution in [0.5, 0.6) is 5.75 Å². The normalized spacial score (nSPS) is 23.9. The number of hydrogen-bond donors (Lipinski definition) is 1. The van der Waals surface area contributed by atoms with E-state index < -0.39 is 0 Å². The SMILES string of the molecule is COc1cc(Cl)ccc1C1(C2(N)CC2)CC1. The third kappa shape index (κ3) is 1.30. The Morgan fingerprint density at radius 2 is 1.94 bits per heavy atom. The van der Waals surface area contributed by atoms with Crippen LogP contribution >= 0.6 is 11.6 Å². The molecule has 1 aromatic carbocycles. The molecule has 2 aliphatic rings. The smallest absolute Gasteiger partial charge is 0.124 e. The van der Waals surface area contributed by atoms with Gasteiger partial charge in [0, 0.05) is 21.5 Å². The highest BCUT2D eigenvalue weighted by molar-refractivity contribution is 6.30. The van der Waals surface area contributed by atoms with Crippen LogP contribution in [0.4, 0.5) is 0 Å². The molecule has 0 unspecified atom stereocenters. The summed E-state index contributed by atoms with van der Waals surface area (Å²) in [6.45, 7) is 0. The quantitative estimate of drug-likeness (QED) is 0.878. The van der Waals surface area contributed by atoms with Crippen molar-refractivity contribution in [1.82, 2.24) is 0 Å². The summed E-state index contributed by atoms with van der Waals surface area (Å²) < 4.78 is 5.44. The van der Waals surface area contributed by atoms with Crippen molar-refractivity contribution in [3.05, 3.63) is 28.8 Å². The second kappa shape index (κ2) is 3.14. The molecule has 2 fully saturated rings. The summed E-state index contributed by atoms with van der Waals surface area (Å²) in [6.07, 6.45) is 4.64. The Kier molecular flexibility index (Phi) is 2.05.